The van der Waals surface area contributed by atoms with Crippen LogP contribution >= 0.6 is 0 Å². The fourth-order valence-corrected chi connectivity index (χ4v) is 5.83. The summed E-state index contributed by atoms with van der Waals surface area (Å²) < 4.78 is 14.2. The van der Waals surface area contributed by atoms with Crippen LogP contribution in [0.1, 0.15) is 31.9 Å². The predicted molar refractivity (Wildman–Crippen MR) is 181 cm³/mol. The highest BCUT2D eigenvalue weighted by molar-refractivity contribution is 6.04. The Hall–Kier alpha value is -5.23. The number of para-hydroxylation sites is 1. The summed E-state index contributed by atoms with van der Waals surface area (Å²) in [4.78, 5) is 27.0. The highest BCUT2D eigenvalue weighted by atomic mass is 16.6. The summed E-state index contributed by atoms with van der Waals surface area (Å²) >= 11 is 0. The van der Waals surface area contributed by atoms with Gasteiger partial charge in [-0.15, -0.1) is 0 Å². The number of amides is 1. The first-order chi connectivity index (χ1) is 22.7. The summed E-state index contributed by atoms with van der Waals surface area (Å²) in [7, 11) is 1.71. The number of nitrogens with one attached hydrogen (secondary N) is 3. The molecule has 0 bridgehead atoms. The van der Waals surface area contributed by atoms with E-state index in [1.807, 2.05) is 43.5 Å². The summed E-state index contributed by atoms with van der Waals surface area (Å²) in [5.41, 5.74) is 3.04. The van der Waals surface area contributed by atoms with Crippen molar-refractivity contribution in [1.29, 1.82) is 5.41 Å². The van der Waals surface area contributed by atoms with Gasteiger partial charge in [0.05, 0.1) is 30.7 Å². The molecule has 3 heterocycles. The lowest BCUT2D eigenvalue weighted by Gasteiger charge is -2.29. The van der Waals surface area contributed by atoms with Crippen LogP contribution < -0.4 is 21.1 Å². The molecule has 6 rings (SSSR count). The Labute approximate surface area is 273 Å². The van der Waals surface area contributed by atoms with Crippen LogP contribution in [0.5, 0.6) is 11.5 Å². The van der Waals surface area contributed by atoms with Crippen molar-refractivity contribution in [3.8, 4) is 22.9 Å². The quantitative estimate of drug-likeness (QED) is 0.0959. The van der Waals surface area contributed by atoms with Gasteiger partial charge in [-0.1, -0.05) is 31.2 Å². The molecular weight excluding hydrogens is 596 g/mol. The number of hydrogen-bond acceptors (Lipinski definition) is 7. The van der Waals surface area contributed by atoms with Crippen molar-refractivity contribution >= 4 is 23.1 Å². The molecule has 2 aliphatic rings. The SMILES string of the molecule is CCC1=CNc2c(n(-c3ccc(Oc4ccccc4)cc3)c(=O)n2-c2cccc(NC(=O)/C=C/C[N+](C)(O)C3CCOC3)c2)C(=N)C1. The van der Waals surface area contributed by atoms with Crippen molar-refractivity contribution < 1.29 is 24.1 Å². The van der Waals surface area contributed by atoms with E-state index in [-0.39, 0.29) is 28.8 Å². The standard InChI is InChI=1S/C36H38N6O5/c1-3-25-21-32(37)34-35(38-23-25)41(36(44)40(34)27-14-16-31(17-15-27)47-30-11-5-4-6-12-30)28-10-7-9-26(22-28)39-33(43)13-8-19-42(2,45)29-18-20-46-24-29/h4-17,22-23,29,45H,3,18-21,24H2,1-2H3,(H2-,37,38,39,43)/p+1/b13-8+. The molecule has 11 nitrogen and oxygen atoms in total. The summed E-state index contributed by atoms with van der Waals surface area (Å²) in [6.07, 6.45) is 6.83. The highest BCUT2D eigenvalue weighted by Crippen LogP contribution is 2.30. The Bertz CT molecular complexity index is 1880. The van der Waals surface area contributed by atoms with E-state index in [0.717, 1.165) is 18.4 Å². The Morgan fingerprint density at radius 2 is 1.85 bits per heavy atom. The van der Waals surface area contributed by atoms with Crippen molar-refractivity contribution in [2.24, 2.45) is 0 Å². The average molecular weight is 636 g/mol. The van der Waals surface area contributed by atoms with Gasteiger partial charge in [0.2, 0.25) is 5.91 Å². The molecule has 242 valence electrons. The molecule has 0 saturated carbocycles. The molecule has 1 aromatic heterocycles. The molecule has 0 spiro atoms. The van der Waals surface area contributed by atoms with Crippen LogP contribution in [-0.2, 0) is 9.53 Å². The van der Waals surface area contributed by atoms with Gasteiger partial charge in [-0.3, -0.25) is 9.36 Å². The lowest BCUT2D eigenvalue weighted by molar-refractivity contribution is -1.10. The third-order valence-electron chi connectivity index (χ3n) is 8.49. The zero-order valence-electron chi connectivity index (χ0n) is 26.5. The van der Waals surface area contributed by atoms with Gasteiger partial charge >= 0.3 is 5.69 Å². The Morgan fingerprint density at radius 3 is 2.57 bits per heavy atom. The monoisotopic (exact) mass is 635 g/mol. The second kappa shape index (κ2) is 13.6. The number of likely N-dealkylation sites (N-methyl/N-ethyl adjacent to an activating group) is 1. The maximum atomic E-state index is 14.2. The molecule has 2 unspecified atom stereocenters. The van der Waals surface area contributed by atoms with Crippen LogP contribution in [0, 0.1) is 5.41 Å². The van der Waals surface area contributed by atoms with Gasteiger partial charge in [0.15, 0.2) is 0 Å². The number of anilines is 2. The average Bonchev–Trinajstić information content (AvgIpc) is 3.68. The lowest BCUT2D eigenvalue weighted by atomic mass is 10.1. The van der Waals surface area contributed by atoms with Gasteiger partial charge in [0.25, 0.3) is 0 Å². The molecule has 11 heteroatoms. The minimum Gasteiger partial charge on any atom is -0.457 e. The van der Waals surface area contributed by atoms with Gasteiger partial charge in [-0.2, -0.15) is 4.65 Å². The van der Waals surface area contributed by atoms with Crippen LogP contribution in [0.2, 0.25) is 0 Å². The first-order valence-electron chi connectivity index (χ1n) is 15.7. The van der Waals surface area contributed by atoms with Crippen LogP contribution in [0.3, 0.4) is 0 Å². The molecule has 1 saturated heterocycles. The molecule has 4 aromatic rings. The minimum absolute atomic E-state index is 0.0287. The van der Waals surface area contributed by atoms with Gasteiger partial charge in [0, 0.05) is 30.8 Å². The number of aromatic nitrogens is 2. The zero-order valence-corrected chi connectivity index (χ0v) is 26.5. The third kappa shape index (κ3) is 6.97. The van der Waals surface area contributed by atoms with Crippen molar-refractivity contribution in [2.75, 3.05) is 37.4 Å². The fraction of sp³-hybridized carbons (Fsp3) is 0.250. The smallest absolute Gasteiger partial charge is 0.339 e. The van der Waals surface area contributed by atoms with Gasteiger partial charge < -0.3 is 25.5 Å². The number of hydroxylamine groups is 3. The van der Waals surface area contributed by atoms with E-state index in [9.17, 15) is 14.8 Å². The van der Waals surface area contributed by atoms with E-state index in [0.29, 0.717) is 65.4 Å². The number of ether oxygens (including phenoxy) is 2. The second-order valence-corrected chi connectivity index (χ2v) is 11.9. The first kappa shape index (κ1) is 31.7. The Kier molecular flexibility index (Phi) is 9.21. The van der Waals surface area contributed by atoms with E-state index < -0.39 is 0 Å². The first-order valence-corrected chi connectivity index (χ1v) is 15.7. The van der Waals surface area contributed by atoms with E-state index in [1.54, 1.807) is 61.7 Å². The predicted octanol–water partition coefficient (Wildman–Crippen LogP) is 6.02. The molecular formula is C36H39N6O5+. The summed E-state index contributed by atoms with van der Waals surface area (Å²) in [6, 6.07) is 23.6. The topological polar surface area (TPSA) is 131 Å². The fourth-order valence-electron chi connectivity index (χ4n) is 5.83. The summed E-state index contributed by atoms with van der Waals surface area (Å²) in [5, 5.41) is 25.9. The minimum atomic E-state index is -0.364. The third-order valence-corrected chi connectivity index (χ3v) is 8.49. The van der Waals surface area contributed by atoms with E-state index in [4.69, 9.17) is 14.9 Å². The van der Waals surface area contributed by atoms with Gasteiger partial charge in [-0.25, -0.2) is 14.6 Å². The van der Waals surface area contributed by atoms with E-state index in [1.165, 1.54) is 15.2 Å². The molecule has 47 heavy (non-hydrogen) atoms. The molecule has 1 amide bonds. The Balaban J connectivity index is 1.30. The molecule has 0 radical (unpaired) electrons. The Morgan fingerprint density at radius 1 is 1.09 bits per heavy atom. The van der Waals surface area contributed by atoms with Crippen molar-refractivity contribution in [3.05, 3.63) is 119 Å². The second-order valence-electron chi connectivity index (χ2n) is 11.9. The number of allylic oxidation sites excluding steroid dienone is 1. The number of quaternary nitrogens is 1. The summed E-state index contributed by atoms with van der Waals surface area (Å²) in [6.45, 7) is 3.41. The molecule has 4 N–H and O–H groups in total. The number of rotatable bonds is 10. The zero-order chi connectivity index (χ0) is 33.0. The van der Waals surface area contributed by atoms with Crippen molar-refractivity contribution in [1.82, 2.24) is 9.13 Å². The number of nitrogens with zero attached hydrogens (tertiary/aromatic N) is 3. The van der Waals surface area contributed by atoms with Crippen LogP contribution in [-0.4, -0.2) is 63.5 Å². The van der Waals surface area contributed by atoms with E-state index >= 15 is 0 Å². The molecule has 1 fully saturated rings. The van der Waals surface area contributed by atoms with E-state index in [2.05, 4.69) is 10.6 Å². The van der Waals surface area contributed by atoms with Crippen LogP contribution in [0.25, 0.3) is 11.4 Å². The number of benzene rings is 3. The maximum Gasteiger partial charge on any atom is 0.339 e. The number of fused-ring (bicyclic) bond motifs is 1. The summed E-state index contributed by atoms with van der Waals surface area (Å²) in [5.74, 6) is 1.43. The van der Waals surface area contributed by atoms with Crippen molar-refractivity contribution in [2.45, 2.75) is 32.2 Å². The molecule has 0 aliphatic carbocycles. The number of imidazole rings is 1. The normalized spacial score (nSPS) is 17.4. The van der Waals surface area contributed by atoms with Crippen LogP contribution in [0.4, 0.5) is 11.5 Å². The number of hydrogen-bond donors (Lipinski definition) is 4. The molecule has 2 atom stereocenters. The molecule has 2 aliphatic heterocycles. The largest absolute Gasteiger partial charge is 0.457 e. The number of carbonyl (C=O) groups excluding carboxylic acids is 1. The van der Waals surface area contributed by atoms with Gasteiger partial charge in [-0.05, 0) is 72.7 Å². The van der Waals surface area contributed by atoms with Crippen molar-refractivity contribution in [3.63, 3.8) is 0 Å². The van der Waals surface area contributed by atoms with Gasteiger partial charge in [0.1, 0.15) is 42.2 Å². The van der Waals surface area contributed by atoms with Crippen LogP contribution in [0.15, 0.2) is 108 Å². The maximum absolute atomic E-state index is 14.2. The lowest BCUT2D eigenvalue weighted by Crippen LogP contribution is -2.49. The molecule has 3 aromatic carbocycles. The number of carbonyl (C=O) groups is 1. The highest BCUT2D eigenvalue weighted by Gasteiger charge is 2.34.